The van der Waals surface area contributed by atoms with E-state index < -0.39 is 17.5 Å². The predicted molar refractivity (Wildman–Crippen MR) is 92.9 cm³/mol. The van der Waals surface area contributed by atoms with Crippen molar-refractivity contribution in [2.45, 2.75) is 26.4 Å². The zero-order valence-electron chi connectivity index (χ0n) is 15.0. The summed E-state index contributed by atoms with van der Waals surface area (Å²) in [5.74, 6) is -1.33. The van der Waals surface area contributed by atoms with E-state index in [1.165, 1.54) is 26.6 Å². The van der Waals surface area contributed by atoms with Crippen molar-refractivity contribution >= 4 is 23.6 Å². The minimum absolute atomic E-state index is 0.165. The average Bonchev–Trinajstić information content (AvgIpc) is 2.55. The van der Waals surface area contributed by atoms with Crippen LogP contribution in [0.4, 0.5) is 0 Å². The lowest BCUT2D eigenvalue weighted by Crippen LogP contribution is -2.24. The highest BCUT2D eigenvalue weighted by Gasteiger charge is 2.21. The number of ether oxygens (including phenoxy) is 3. The summed E-state index contributed by atoms with van der Waals surface area (Å²) < 4.78 is 14.9. The summed E-state index contributed by atoms with van der Waals surface area (Å²) in [6.45, 7) is 5.14. The topological polar surface area (TPSA) is 85.6 Å². The van der Waals surface area contributed by atoms with Gasteiger partial charge in [0.15, 0.2) is 0 Å². The zero-order valence-corrected chi connectivity index (χ0v) is 15.0. The van der Waals surface area contributed by atoms with Crippen LogP contribution < -0.4 is 0 Å². The van der Waals surface area contributed by atoms with Crippen molar-refractivity contribution < 1.29 is 23.8 Å². The van der Waals surface area contributed by atoms with Crippen molar-refractivity contribution in [2.75, 3.05) is 14.2 Å². The second-order valence-electron chi connectivity index (χ2n) is 6.02. The van der Waals surface area contributed by atoms with E-state index in [0.717, 1.165) is 0 Å². The normalized spacial score (nSPS) is 12.2. The third-order valence-corrected chi connectivity index (χ3v) is 2.93. The lowest BCUT2D eigenvalue weighted by Gasteiger charge is -2.19. The molecule has 0 unspecified atom stereocenters. The standard InChI is InChI=1S/C19H21NO5/c1-19(2,3)25-17(21)14(11-20)10-13-8-6-7-9-15(13)16(12-23-4)18(22)24-5/h6-10,12H,1-5H3/b14-10+,16-12+. The number of methoxy groups -OCH3 is 2. The van der Waals surface area contributed by atoms with Gasteiger partial charge >= 0.3 is 11.9 Å². The van der Waals surface area contributed by atoms with Gasteiger partial charge in [-0.1, -0.05) is 24.3 Å². The largest absolute Gasteiger partial charge is 0.503 e. The van der Waals surface area contributed by atoms with E-state index >= 15 is 0 Å². The second kappa shape index (κ2) is 8.69. The van der Waals surface area contributed by atoms with Crippen LogP contribution in [-0.2, 0) is 23.8 Å². The number of carbonyl (C=O) groups is 2. The van der Waals surface area contributed by atoms with Gasteiger partial charge in [-0.15, -0.1) is 0 Å². The molecule has 0 amide bonds. The Hall–Kier alpha value is -3.07. The second-order valence-corrected chi connectivity index (χ2v) is 6.02. The Kier molecular flexibility index (Phi) is 6.94. The van der Waals surface area contributed by atoms with Gasteiger partial charge in [0.05, 0.1) is 20.5 Å². The monoisotopic (exact) mass is 343 g/mol. The fourth-order valence-corrected chi connectivity index (χ4v) is 1.94. The van der Waals surface area contributed by atoms with E-state index in [1.807, 2.05) is 6.07 Å². The SMILES string of the molecule is CO/C=C(/C(=O)OC)c1ccccc1/C=C(\C#N)C(=O)OC(C)(C)C. The van der Waals surface area contributed by atoms with Gasteiger partial charge in [0, 0.05) is 0 Å². The summed E-state index contributed by atoms with van der Waals surface area (Å²) in [7, 11) is 2.66. The molecule has 0 saturated carbocycles. The molecule has 0 aliphatic rings. The van der Waals surface area contributed by atoms with Crippen molar-refractivity contribution in [1.82, 2.24) is 0 Å². The maximum Gasteiger partial charge on any atom is 0.349 e. The summed E-state index contributed by atoms with van der Waals surface area (Å²) >= 11 is 0. The Morgan fingerprint density at radius 3 is 2.28 bits per heavy atom. The Labute approximate surface area is 147 Å². The maximum absolute atomic E-state index is 12.1. The molecule has 6 heteroatoms. The van der Waals surface area contributed by atoms with Crippen LogP contribution in [0.2, 0.25) is 0 Å². The quantitative estimate of drug-likeness (QED) is 0.353. The minimum atomic E-state index is -0.736. The predicted octanol–water partition coefficient (Wildman–Crippen LogP) is 3.10. The average molecular weight is 343 g/mol. The molecule has 0 atom stereocenters. The number of nitriles is 1. The van der Waals surface area contributed by atoms with Crippen molar-refractivity contribution in [3.63, 3.8) is 0 Å². The fraction of sp³-hybridized carbons (Fsp3) is 0.316. The molecule has 0 N–H and O–H groups in total. The highest BCUT2D eigenvalue weighted by atomic mass is 16.6. The van der Waals surface area contributed by atoms with Crippen molar-refractivity contribution in [3.05, 3.63) is 47.2 Å². The summed E-state index contributed by atoms with van der Waals surface area (Å²) in [4.78, 5) is 24.1. The molecule has 25 heavy (non-hydrogen) atoms. The highest BCUT2D eigenvalue weighted by Crippen LogP contribution is 2.23. The first-order valence-electron chi connectivity index (χ1n) is 7.49. The molecule has 1 aromatic carbocycles. The molecule has 1 rings (SSSR count). The van der Waals surface area contributed by atoms with Gasteiger partial charge in [-0.3, -0.25) is 0 Å². The Morgan fingerprint density at radius 2 is 1.76 bits per heavy atom. The molecule has 132 valence electrons. The van der Waals surface area contributed by atoms with Gasteiger partial charge in [0.25, 0.3) is 0 Å². The van der Waals surface area contributed by atoms with E-state index in [9.17, 15) is 14.9 Å². The van der Waals surface area contributed by atoms with E-state index in [1.54, 1.807) is 45.0 Å². The maximum atomic E-state index is 12.1. The molecular weight excluding hydrogens is 322 g/mol. The molecule has 1 aromatic rings. The van der Waals surface area contributed by atoms with Crippen LogP contribution in [0.15, 0.2) is 36.1 Å². The number of hydrogen-bond acceptors (Lipinski definition) is 6. The van der Waals surface area contributed by atoms with Crippen molar-refractivity contribution in [1.29, 1.82) is 5.26 Å². The smallest absolute Gasteiger partial charge is 0.349 e. The zero-order chi connectivity index (χ0) is 19.0. The van der Waals surface area contributed by atoms with Crippen LogP contribution in [0, 0.1) is 11.3 Å². The van der Waals surface area contributed by atoms with Gasteiger partial charge in [-0.25, -0.2) is 9.59 Å². The summed E-state index contributed by atoms with van der Waals surface area (Å²) in [5, 5.41) is 9.29. The number of carbonyl (C=O) groups excluding carboxylic acids is 2. The third kappa shape index (κ3) is 5.81. The Morgan fingerprint density at radius 1 is 1.12 bits per heavy atom. The molecular formula is C19H21NO5. The Bertz CT molecular complexity index is 748. The van der Waals surface area contributed by atoms with Gasteiger partial charge in [-0.2, -0.15) is 5.26 Å². The number of rotatable bonds is 5. The molecule has 0 aliphatic carbocycles. The first-order valence-corrected chi connectivity index (χ1v) is 7.49. The first-order chi connectivity index (χ1) is 11.7. The molecule has 0 saturated heterocycles. The van der Waals surface area contributed by atoms with Gasteiger partial charge < -0.3 is 14.2 Å². The van der Waals surface area contributed by atoms with Crippen LogP contribution in [0.1, 0.15) is 31.9 Å². The van der Waals surface area contributed by atoms with Crippen LogP contribution in [0.3, 0.4) is 0 Å². The highest BCUT2D eigenvalue weighted by molar-refractivity contribution is 6.17. The lowest BCUT2D eigenvalue weighted by atomic mass is 9.98. The molecule has 0 bridgehead atoms. The lowest BCUT2D eigenvalue weighted by molar-refractivity contribution is -0.149. The molecule has 0 spiro atoms. The van der Waals surface area contributed by atoms with Crippen LogP contribution in [0.25, 0.3) is 11.6 Å². The molecule has 0 radical (unpaired) electrons. The molecule has 0 heterocycles. The fourth-order valence-electron chi connectivity index (χ4n) is 1.94. The van der Waals surface area contributed by atoms with Gasteiger partial charge in [-0.05, 0) is 38.0 Å². The van der Waals surface area contributed by atoms with Crippen LogP contribution in [0.5, 0.6) is 0 Å². The van der Waals surface area contributed by atoms with E-state index in [0.29, 0.717) is 11.1 Å². The van der Waals surface area contributed by atoms with E-state index in [4.69, 9.17) is 14.2 Å². The van der Waals surface area contributed by atoms with Crippen LogP contribution in [-0.4, -0.2) is 31.8 Å². The first kappa shape index (κ1) is 20.0. The van der Waals surface area contributed by atoms with Crippen molar-refractivity contribution in [2.24, 2.45) is 0 Å². The molecule has 6 nitrogen and oxygen atoms in total. The van der Waals surface area contributed by atoms with E-state index in [-0.39, 0.29) is 11.1 Å². The van der Waals surface area contributed by atoms with Gasteiger partial charge in [0.2, 0.25) is 0 Å². The van der Waals surface area contributed by atoms with Crippen LogP contribution >= 0.6 is 0 Å². The van der Waals surface area contributed by atoms with Gasteiger partial charge in [0.1, 0.15) is 22.8 Å². The third-order valence-electron chi connectivity index (χ3n) is 2.93. The molecule has 0 fully saturated rings. The number of nitrogens with zero attached hydrogens (tertiary/aromatic N) is 1. The molecule has 0 aliphatic heterocycles. The van der Waals surface area contributed by atoms with Crippen molar-refractivity contribution in [3.8, 4) is 6.07 Å². The Balaban J connectivity index is 3.39. The minimum Gasteiger partial charge on any atom is -0.503 e. The number of hydrogen-bond donors (Lipinski definition) is 0. The number of benzene rings is 1. The summed E-state index contributed by atoms with van der Waals surface area (Å²) in [6, 6.07) is 8.61. The van der Waals surface area contributed by atoms with E-state index in [2.05, 4.69) is 0 Å². The number of esters is 2. The molecule has 0 aromatic heterocycles. The summed E-state index contributed by atoms with van der Waals surface area (Å²) in [6.07, 6.45) is 2.62. The summed E-state index contributed by atoms with van der Waals surface area (Å²) in [5.41, 5.74) is 0.216.